The van der Waals surface area contributed by atoms with E-state index in [1.54, 1.807) is 27.0 Å². The van der Waals surface area contributed by atoms with Crippen LogP contribution >= 0.6 is 0 Å². The lowest BCUT2D eigenvalue weighted by Crippen LogP contribution is -2.45. The molecule has 2 N–H and O–H groups in total. The van der Waals surface area contributed by atoms with Crippen LogP contribution in [0.5, 0.6) is 0 Å². The van der Waals surface area contributed by atoms with Crippen LogP contribution in [0.3, 0.4) is 0 Å². The van der Waals surface area contributed by atoms with Crippen molar-refractivity contribution in [1.29, 1.82) is 0 Å². The number of rotatable bonds is 7. The highest BCUT2D eigenvalue weighted by Crippen LogP contribution is 2.34. The zero-order valence-electron chi connectivity index (χ0n) is 15.6. The van der Waals surface area contributed by atoms with E-state index < -0.39 is 17.7 Å². The number of aromatic nitrogens is 1. The zero-order chi connectivity index (χ0) is 18.4. The van der Waals surface area contributed by atoms with Gasteiger partial charge in [0.15, 0.2) is 0 Å². The Balaban J connectivity index is 1.96. The Hall–Kier alpha value is -2.11. The number of ether oxygens (including phenoxy) is 1. The summed E-state index contributed by atoms with van der Waals surface area (Å²) in [5.41, 5.74) is 1.00. The predicted molar refractivity (Wildman–Crippen MR) is 97.4 cm³/mol. The summed E-state index contributed by atoms with van der Waals surface area (Å²) < 4.78 is 5.28. The highest BCUT2D eigenvalue weighted by Gasteiger charge is 2.28. The van der Waals surface area contributed by atoms with Gasteiger partial charge in [-0.15, -0.1) is 0 Å². The smallest absolute Gasteiger partial charge is 0.408 e. The molecule has 0 aromatic carbocycles. The molecule has 1 heterocycles. The molecular formula is C19H29N3O3. The number of hydrogen-bond donors (Lipinski definition) is 2. The van der Waals surface area contributed by atoms with Crippen LogP contribution in [-0.2, 0) is 16.0 Å². The molecule has 1 fully saturated rings. The second-order valence-corrected chi connectivity index (χ2v) is 7.60. The van der Waals surface area contributed by atoms with Crippen LogP contribution < -0.4 is 10.6 Å². The van der Waals surface area contributed by atoms with E-state index in [4.69, 9.17) is 4.74 Å². The Bertz CT molecular complexity index is 589. The van der Waals surface area contributed by atoms with Crippen LogP contribution in [0.15, 0.2) is 18.3 Å². The topological polar surface area (TPSA) is 80.3 Å². The van der Waals surface area contributed by atoms with Crippen molar-refractivity contribution in [2.75, 3.05) is 5.32 Å². The molecule has 0 spiro atoms. The molecule has 1 aromatic rings. The Morgan fingerprint density at radius 1 is 1.32 bits per heavy atom. The Morgan fingerprint density at radius 3 is 2.56 bits per heavy atom. The quantitative estimate of drug-likeness (QED) is 0.789. The number of alkyl carbamates (subject to hydrolysis) is 1. The molecular weight excluding hydrogens is 318 g/mol. The van der Waals surface area contributed by atoms with Crippen molar-refractivity contribution < 1.29 is 14.3 Å². The van der Waals surface area contributed by atoms with Gasteiger partial charge in [0, 0.05) is 5.69 Å². The van der Waals surface area contributed by atoms with E-state index in [-0.39, 0.29) is 5.91 Å². The van der Waals surface area contributed by atoms with Gasteiger partial charge in [0.2, 0.25) is 5.91 Å². The van der Waals surface area contributed by atoms with Gasteiger partial charge < -0.3 is 15.4 Å². The summed E-state index contributed by atoms with van der Waals surface area (Å²) in [5.74, 6) is 0.443. The molecule has 1 aliphatic carbocycles. The molecule has 25 heavy (non-hydrogen) atoms. The first-order valence-electron chi connectivity index (χ1n) is 9.02. The summed E-state index contributed by atoms with van der Waals surface area (Å²) >= 11 is 0. The molecule has 6 nitrogen and oxygen atoms in total. The summed E-state index contributed by atoms with van der Waals surface area (Å²) in [4.78, 5) is 28.9. The molecule has 0 radical (unpaired) electrons. The highest BCUT2D eigenvalue weighted by atomic mass is 16.6. The standard InChI is InChI=1S/C19H29N3O3/c1-5-14-9-10-15(12-20-14)21-17(23)16(11-8-13-6-7-13)22-18(24)25-19(2,3)4/h9-10,12-13,16H,5-8,11H2,1-4H3,(H,21,23)(H,22,24). The van der Waals surface area contributed by atoms with Crippen LogP contribution in [0, 0.1) is 5.92 Å². The summed E-state index contributed by atoms with van der Waals surface area (Å²) in [6.45, 7) is 7.42. The lowest BCUT2D eigenvalue weighted by Gasteiger charge is -2.23. The molecule has 0 saturated heterocycles. The molecule has 2 amide bonds. The fraction of sp³-hybridized carbons (Fsp3) is 0.632. The third-order valence-electron chi connectivity index (χ3n) is 4.02. The minimum absolute atomic E-state index is 0.238. The molecule has 1 aromatic heterocycles. The second kappa shape index (κ2) is 8.32. The monoisotopic (exact) mass is 347 g/mol. The van der Waals surface area contributed by atoms with Crippen LogP contribution in [0.25, 0.3) is 0 Å². The molecule has 6 heteroatoms. The maximum atomic E-state index is 12.6. The van der Waals surface area contributed by atoms with Crippen molar-refractivity contribution in [3.05, 3.63) is 24.0 Å². The summed E-state index contributed by atoms with van der Waals surface area (Å²) in [6.07, 6.45) is 5.88. The van der Waals surface area contributed by atoms with Gasteiger partial charge in [-0.2, -0.15) is 0 Å². The maximum Gasteiger partial charge on any atom is 0.408 e. The van der Waals surface area contributed by atoms with E-state index >= 15 is 0 Å². The number of carbonyl (C=O) groups excluding carboxylic acids is 2. The number of hydrogen-bond acceptors (Lipinski definition) is 4. The molecule has 1 unspecified atom stereocenters. The molecule has 2 rings (SSSR count). The number of aryl methyl sites for hydroxylation is 1. The van der Waals surface area contributed by atoms with Crippen LogP contribution in [0.2, 0.25) is 0 Å². The maximum absolute atomic E-state index is 12.6. The van der Waals surface area contributed by atoms with Crippen molar-refractivity contribution in [3.8, 4) is 0 Å². The Kier molecular flexibility index (Phi) is 6.39. The summed E-state index contributed by atoms with van der Waals surface area (Å²) in [5, 5.41) is 5.54. The fourth-order valence-electron chi connectivity index (χ4n) is 2.46. The van der Waals surface area contributed by atoms with Crippen LogP contribution in [0.4, 0.5) is 10.5 Å². The van der Waals surface area contributed by atoms with Crippen LogP contribution in [-0.4, -0.2) is 28.6 Å². The van der Waals surface area contributed by atoms with E-state index in [1.807, 2.05) is 19.1 Å². The highest BCUT2D eigenvalue weighted by molar-refractivity contribution is 5.96. The molecule has 1 saturated carbocycles. The van der Waals surface area contributed by atoms with E-state index in [0.717, 1.165) is 18.5 Å². The number of pyridine rings is 1. The average molecular weight is 347 g/mol. The van der Waals surface area contributed by atoms with Gasteiger partial charge in [0.25, 0.3) is 0 Å². The minimum atomic E-state index is -0.610. The summed E-state index contributed by atoms with van der Waals surface area (Å²) in [6, 6.07) is 3.10. The lowest BCUT2D eigenvalue weighted by atomic mass is 10.1. The van der Waals surface area contributed by atoms with Crippen molar-refractivity contribution in [2.45, 2.75) is 71.4 Å². The van der Waals surface area contributed by atoms with Gasteiger partial charge in [-0.25, -0.2) is 4.79 Å². The normalized spacial score (nSPS) is 15.4. The van der Waals surface area contributed by atoms with Crippen molar-refractivity contribution >= 4 is 17.7 Å². The van der Waals surface area contributed by atoms with Crippen LogP contribution in [0.1, 0.15) is 59.1 Å². The molecule has 1 atom stereocenters. The fourth-order valence-corrected chi connectivity index (χ4v) is 2.46. The van der Waals surface area contributed by atoms with Crippen molar-refractivity contribution in [3.63, 3.8) is 0 Å². The van der Waals surface area contributed by atoms with E-state index in [9.17, 15) is 9.59 Å². The summed E-state index contributed by atoms with van der Waals surface area (Å²) in [7, 11) is 0. The first-order chi connectivity index (χ1) is 11.8. The first kappa shape index (κ1) is 19.2. The van der Waals surface area contributed by atoms with E-state index in [1.165, 1.54) is 12.8 Å². The van der Waals surface area contributed by atoms with E-state index in [2.05, 4.69) is 15.6 Å². The average Bonchev–Trinajstić information content (AvgIpc) is 3.34. The number of anilines is 1. The molecule has 1 aliphatic rings. The lowest BCUT2D eigenvalue weighted by molar-refractivity contribution is -0.118. The number of nitrogens with zero attached hydrogens (tertiary/aromatic N) is 1. The van der Waals surface area contributed by atoms with Gasteiger partial charge in [-0.05, 0) is 58.1 Å². The van der Waals surface area contributed by atoms with Gasteiger partial charge in [0.05, 0.1) is 11.9 Å². The van der Waals surface area contributed by atoms with E-state index in [0.29, 0.717) is 18.0 Å². The predicted octanol–water partition coefficient (Wildman–Crippen LogP) is 3.67. The molecule has 0 aliphatic heterocycles. The second-order valence-electron chi connectivity index (χ2n) is 7.60. The van der Waals surface area contributed by atoms with Gasteiger partial charge >= 0.3 is 6.09 Å². The Labute approximate surface area is 149 Å². The number of amides is 2. The zero-order valence-corrected chi connectivity index (χ0v) is 15.6. The van der Waals surface area contributed by atoms with Crippen molar-refractivity contribution in [2.24, 2.45) is 5.92 Å². The minimum Gasteiger partial charge on any atom is -0.444 e. The third kappa shape index (κ3) is 7.11. The third-order valence-corrected chi connectivity index (χ3v) is 4.02. The number of carbonyl (C=O) groups is 2. The number of nitrogens with one attached hydrogen (secondary N) is 2. The molecule has 138 valence electrons. The first-order valence-corrected chi connectivity index (χ1v) is 9.02. The van der Waals surface area contributed by atoms with Gasteiger partial charge in [-0.3, -0.25) is 9.78 Å². The molecule has 0 bridgehead atoms. The largest absolute Gasteiger partial charge is 0.444 e. The Morgan fingerprint density at radius 2 is 2.04 bits per heavy atom. The van der Waals surface area contributed by atoms with Gasteiger partial charge in [0.1, 0.15) is 11.6 Å². The van der Waals surface area contributed by atoms with Crippen molar-refractivity contribution in [1.82, 2.24) is 10.3 Å². The van der Waals surface area contributed by atoms with Gasteiger partial charge in [-0.1, -0.05) is 19.8 Å². The SMILES string of the molecule is CCc1ccc(NC(=O)C(CCC2CC2)NC(=O)OC(C)(C)C)cn1.